The van der Waals surface area contributed by atoms with Gasteiger partial charge in [0.15, 0.2) is 0 Å². The Morgan fingerprint density at radius 1 is 1.27 bits per heavy atom. The topological polar surface area (TPSA) is 71.2 Å². The fourth-order valence-corrected chi connectivity index (χ4v) is 2.23. The van der Waals surface area contributed by atoms with E-state index in [1.54, 1.807) is 24.3 Å². The van der Waals surface area contributed by atoms with Crippen LogP contribution < -0.4 is 5.32 Å². The van der Waals surface area contributed by atoms with E-state index >= 15 is 0 Å². The molecule has 5 nitrogen and oxygen atoms in total. The van der Waals surface area contributed by atoms with E-state index in [0.29, 0.717) is 10.6 Å². The number of amides is 1. The Morgan fingerprint density at radius 2 is 2.00 bits per heavy atom. The van der Waals surface area contributed by atoms with Crippen LogP contribution in [0.5, 0.6) is 0 Å². The molecule has 0 saturated heterocycles. The van der Waals surface area contributed by atoms with Crippen molar-refractivity contribution in [1.82, 2.24) is 10.3 Å². The molecule has 1 heterocycles. The summed E-state index contributed by atoms with van der Waals surface area (Å²) in [6.07, 6.45) is 2.44. The highest BCUT2D eigenvalue weighted by Crippen LogP contribution is 2.24. The Bertz CT molecular complexity index is 680. The number of aromatic amines is 1. The predicted molar refractivity (Wildman–Crippen MR) is 81.6 cm³/mol. The van der Waals surface area contributed by atoms with Crippen LogP contribution in [0.2, 0.25) is 5.02 Å². The Kier molecular flexibility index (Phi) is 4.15. The molecule has 6 heteroatoms. The molecule has 1 atom stereocenters. The summed E-state index contributed by atoms with van der Waals surface area (Å²) in [5, 5.41) is 3.27. The molecule has 3 rings (SSSR count). The lowest BCUT2D eigenvalue weighted by atomic mass is 10.1. The number of hydrogen-bond acceptors (Lipinski definition) is 3. The highest BCUT2D eigenvalue weighted by molar-refractivity contribution is 6.30. The lowest BCUT2D eigenvalue weighted by Gasteiger charge is -2.17. The first kappa shape index (κ1) is 14.7. The maximum Gasteiger partial charge on any atom is 0.355 e. The van der Waals surface area contributed by atoms with Crippen molar-refractivity contribution < 1.29 is 14.3 Å². The minimum absolute atomic E-state index is 0.192. The van der Waals surface area contributed by atoms with Gasteiger partial charge in [-0.2, -0.15) is 0 Å². The highest BCUT2D eigenvalue weighted by Gasteiger charge is 2.31. The Hall–Kier alpha value is -2.27. The summed E-state index contributed by atoms with van der Waals surface area (Å²) in [6.45, 7) is 0. The number of benzene rings is 1. The molecule has 0 aliphatic heterocycles. The van der Waals surface area contributed by atoms with Crippen molar-refractivity contribution in [3.05, 3.63) is 58.9 Å². The first-order valence-corrected chi connectivity index (χ1v) is 7.41. The van der Waals surface area contributed by atoms with Crippen LogP contribution in [0.4, 0.5) is 0 Å². The van der Waals surface area contributed by atoms with Crippen molar-refractivity contribution in [2.24, 2.45) is 0 Å². The third kappa shape index (κ3) is 3.49. The Morgan fingerprint density at radius 3 is 2.59 bits per heavy atom. The molecular weight excluding hydrogens is 304 g/mol. The molecule has 0 bridgehead atoms. The summed E-state index contributed by atoms with van der Waals surface area (Å²) in [5.74, 6) is -0.925. The zero-order chi connectivity index (χ0) is 15.5. The van der Waals surface area contributed by atoms with Gasteiger partial charge in [-0.15, -0.1) is 0 Å². The quantitative estimate of drug-likeness (QED) is 0.833. The third-order valence-corrected chi connectivity index (χ3v) is 3.57. The van der Waals surface area contributed by atoms with E-state index < -0.39 is 12.1 Å². The van der Waals surface area contributed by atoms with Gasteiger partial charge in [0, 0.05) is 17.8 Å². The van der Waals surface area contributed by atoms with Crippen molar-refractivity contribution in [1.29, 1.82) is 0 Å². The van der Waals surface area contributed by atoms with Crippen LogP contribution in [0.1, 0.15) is 35.0 Å². The van der Waals surface area contributed by atoms with Crippen LogP contribution in [-0.2, 0) is 9.53 Å². The number of ether oxygens (including phenoxy) is 1. The second-order valence-electron chi connectivity index (χ2n) is 5.21. The molecule has 22 heavy (non-hydrogen) atoms. The molecule has 1 aromatic heterocycles. The van der Waals surface area contributed by atoms with Gasteiger partial charge in [0.2, 0.25) is 6.10 Å². The molecule has 2 aromatic rings. The number of halogens is 1. The number of hydrogen-bond donors (Lipinski definition) is 2. The lowest BCUT2D eigenvalue weighted by Crippen LogP contribution is -2.33. The number of carbonyl (C=O) groups excluding carboxylic acids is 2. The van der Waals surface area contributed by atoms with E-state index in [9.17, 15) is 9.59 Å². The Balaban J connectivity index is 1.78. The molecule has 1 aromatic carbocycles. The molecule has 1 fully saturated rings. The number of carbonyl (C=O) groups is 2. The van der Waals surface area contributed by atoms with Gasteiger partial charge in [0.25, 0.3) is 5.91 Å². The summed E-state index contributed by atoms with van der Waals surface area (Å²) in [7, 11) is 0. The average molecular weight is 319 g/mol. The second kappa shape index (κ2) is 6.23. The first-order chi connectivity index (χ1) is 10.6. The predicted octanol–water partition coefficient (Wildman–Crippen LogP) is 2.84. The minimum Gasteiger partial charge on any atom is -0.443 e. The van der Waals surface area contributed by atoms with E-state index in [1.807, 2.05) is 6.07 Å². The number of nitrogens with one attached hydrogen (secondary N) is 2. The maximum atomic E-state index is 12.3. The van der Waals surface area contributed by atoms with Gasteiger partial charge < -0.3 is 15.0 Å². The van der Waals surface area contributed by atoms with E-state index in [-0.39, 0.29) is 17.6 Å². The molecule has 1 aliphatic carbocycles. The van der Waals surface area contributed by atoms with E-state index in [2.05, 4.69) is 10.3 Å². The first-order valence-electron chi connectivity index (χ1n) is 7.03. The van der Waals surface area contributed by atoms with Gasteiger partial charge in [-0.05, 0) is 18.9 Å². The fraction of sp³-hybridized carbons (Fsp3) is 0.250. The van der Waals surface area contributed by atoms with Gasteiger partial charge in [-0.1, -0.05) is 41.9 Å². The van der Waals surface area contributed by atoms with Crippen molar-refractivity contribution in [2.45, 2.75) is 25.0 Å². The average Bonchev–Trinajstić information content (AvgIpc) is 3.23. The molecule has 1 amide bonds. The van der Waals surface area contributed by atoms with Crippen LogP contribution in [0.3, 0.4) is 0 Å². The zero-order valence-corrected chi connectivity index (χ0v) is 12.5. The van der Waals surface area contributed by atoms with Crippen molar-refractivity contribution in [3.8, 4) is 0 Å². The van der Waals surface area contributed by atoms with Crippen LogP contribution >= 0.6 is 11.6 Å². The lowest BCUT2D eigenvalue weighted by molar-refractivity contribution is -0.130. The summed E-state index contributed by atoms with van der Waals surface area (Å²) >= 11 is 5.78. The largest absolute Gasteiger partial charge is 0.443 e. The van der Waals surface area contributed by atoms with Gasteiger partial charge in [-0.3, -0.25) is 4.79 Å². The van der Waals surface area contributed by atoms with Gasteiger partial charge in [0.1, 0.15) is 5.69 Å². The number of esters is 1. The SMILES string of the molecule is O=C(OC(C(=O)NC1CC1)c1ccccc1)c1cc(Cl)c[nH]1. The normalized spacial score (nSPS) is 15.1. The van der Waals surface area contributed by atoms with Crippen LogP contribution in [-0.4, -0.2) is 22.9 Å². The molecule has 1 unspecified atom stereocenters. The summed E-state index contributed by atoms with van der Waals surface area (Å²) in [5.41, 5.74) is 0.844. The van der Waals surface area contributed by atoms with Crippen molar-refractivity contribution >= 4 is 23.5 Å². The fourth-order valence-electron chi connectivity index (χ4n) is 2.06. The summed E-state index contributed by atoms with van der Waals surface area (Å²) < 4.78 is 5.39. The van der Waals surface area contributed by atoms with Gasteiger partial charge in [-0.25, -0.2) is 4.79 Å². The molecule has 0 spiro atoms. The molecule has 1 aliphatic rings. The number of rotatable bonds is 5. The molecule has 114 valence electrons. The highest BCUT2D eigenvalue weighted by atomic mass is 35.5. The standard InChI is InChI=1S/C16H15ClN2O3/c17-11-8-13(18-9-11)16(21)22-14(10-4-2-1-3-5-10)15(20)19-12-6-7-12/h1-5,8-9,12,14,18H,6-7H2,(H,19,20). The molecule has 0 radical (unpaired) electrons. The molecular formula is C16H15ClN2O3. The van der Waals surface area contributed by atoms with Gasteiger partial charge in [0.05, 0.1) is 5.02 Å². The van der Waals surface area contributed by atoms with E-state index in [0.717, 1.165) is 12.8 Å². The second-order valence-corrected chi connectivity index (χ2v) is 5.65. The number of H-pyrrole nitrogens is 1. The minimum atomic E-state index is -0.976. The van der Waals surface area contributed by atoms with E-state index in [1.165, 1.54) is 12.3 Å². The monoisotopic (exact) mass is 318 g/mol. The maximum absolute atomic E-state index is 12.3. The number of aromatic nitrogens is 1. The summed E-state index contributed by atoms with van der Waals surface area (Å²) in [6, 6.07) is 10.6. The van der Waals surface area contributed by atoms with Gasteiger partial charge >= 0.3 is 5.97 Å². The zero-order valence-electron chi connectivity index (χ0n) is 11.7. The third-order valence-electron chi connectivity index (χ3n) is 3.36. The smallest absolute Gasteiger partial charge is 0.355 e. The van der Waals surface area contributed by atoms with E-state index in [4.69, 9.17) is 16.3 Å². The summed E-state index contributed by atoms with van der Waals surface area (Å²) in [4.78, 5) is 27.2. The van der Waals surface area contributed by atoms with Crippen LogP contribution in [0, 0.1) is 0 Å². The molecule has 2 N–H and O–H groups in total. The van der Waals surface area contributed by atoms with Crippen LogP contribution in [0.25, 0.3) is 0 Å². The Labute approximate surface area is 132 Å². The molecule has 1 saturated carbocycles. The van der Waals surface area contributed by atoms with Crippen molar-refractivity contribution in [2.75, 3.05) is 0 Å². The van der Waals surface area contributed by atoms with Crippen molar-refractivity contribution in [3.63, 3.8) is 0 Å². The van der Waals surface area contributed by atoms with Crippen LogP contribution in [0.15, 0.2) is 42.6 Å².